The van der Waals surface area contributed by atoms with Crippen molar-refractivity contribution >= 4 is 29.2 Å². The first kappa shape index (κ1) is 13.3. The van der Waals surface area contributed by atoms with Crippen LogP contribution in [0.3, 0.4) is 0 Å². The molecule has 1 aromatic carbocycles. The molecule has 88 valence electrons. The molecule has 0 aliphatic heterocycles. The topological polar surface area (TPSA) is 77.8 Å². The first-order valence-corrected chi connectivity index (χ1v) is 5.33. The predicted octanol–water partition coefficient (Wildman–Crippen LogP) is 1.67. The van der Waals surface area contributed by atoms with Crippen molar-refractivity contribution in [1.82, 2.24) is 0 Å². The first-order valence-electron chi connectivity index (χ1n) is 4.42. The molecule has 3 N–H and O–H groups in total. The third-order valence-corrected chi connectivity index (χ3v) is 2.74. The number of rotatable bonds is 4. The quantitative estimate of drug-likeness (QED) is 0.723. The molecule has 0 bridgehead atoms. The van der Waals surface area contributed by atoms with Crippen molar-refractivity contribution in [2.45, 2.75) is 12.2 Å². The molecule has 0 aromatic heterocycles. The van der Waals surface area contributed by atoms with E-state index in [1.54, 1.807) is 0 Å². The van der Waals surface area contributed by atoms with E-state index in [1.165, 1.54) is 18.2 Å². The van der Waals surface area contributed by atoms with E-state index >= 15 is 0 Å². The molecule has 0 fully saturated rings. The second-order valence-electron chi connectivity index (χ2n) is 3.21. The van der Waals surface area contributed by atoms with Gasteiger partial charge in [-0.2, -0.15) is 0 Å². The van der Waals surface area contributed by atoms with E-state index in [-0.39, 0.29) is 22.0 Å². The van der Waals surface area contributed by atoms with Crippen LogP contribution in [-0.4, -0.2) is 33.3 Å². The molecule has 0 saturated carbocycles. The van der Waals surface area contributed by atoms with Crippen molar-refractivity contribution < 1.29 is 20.1 Å². The molecule has 0 heterocycles. The van der Waals surface area contributed by atoms with Crippen LogP contribution in [-0.2, 0) is 0 Å². The van der Waals surface area contributed by atoms with Crippen LogP contribution in [0.2, 0.25) is 5.02 Å². The molecule has 1 rings (SSSR count). The number of halogens is 2. The van der Waals surface area contributed by atoms with Crippen molar-refractivity contribution in [2.75, 3.05) is 5.88 Å². The van der Waals surface area contributed by atoms with Gasteiger partial charge in [-0.1, -0.05) is 11.6 Å². The lowest BCUT2D eigenvalue weighted by Gasteiger charge is -2.17. The molecule has 2 unspecified atom stereocenters. The van der Waals surface area contributed by atoms with Crippen LogP contribution in [0.4, 0.5) is 0 Å². The summed E-state index contributed by atoms with van der Waals surface area (Å²) in [6.45, 7) is 0. The highest BCUT2D eigenvalue weighted by atomic mass is 35.5. The molecule has 4 nitrogen and oxygen atoms in total. The summed E-state index contributed by atoms with van der Waals surface area (Å²) in [7, 11) is 0. The highest BCUT2D eigenvalue weighted by Gasteiger charge is 2.21. The standard InChI is InChI=1S/C10H10Cl2O4/c11-4-8(13)9(14)6-3-5(10(15)16)1-2-7(6)12/h1-3,8-9,13-14H,4H2,(H,15,16). The van der Waals surface area contributed by atoms with Crippen molar-refractivity contribution in [1.29, 1.82) is 0 Å². The van der Waals surface area contributed by atoms with Gasteiger partial charge in [0.25, 0.3) is 0 Å². The lowest BCUT2D eigenvalue weighted by atomic mass is 10.0. The molecule has 1 aromatic rings. The summed E-state index contributed by atoms with van der Waals surface area (Å²) in [6, 6.07) is 3.88. The highest BCUT2D eigenvalue weighted by molar-refractivity contribution is 6.31. The lowest BCUT2D eigenvalue weighted by molar-refractivity contribution is 0.0326. The van der Waals surface area contributed by atoms with Gasteiger partial charge in [0.2, 0.25) is 0 Å². The monoisotopic (exact) mass is 264 g/mol. The number of carbonyl (C=O) groups is 1. The number of aliphatic hydroxyl groups excluding tert-OH is 2. The number of benzene rings is 1. The molecule has 6 heteroatoms. The third-order valence-electron chi connectivity index (χ3n) is 2.08. The summed E-state index contributed by atoms with van der Waals surface area (Å²) >= 11 is 11.2. The maximum Gasteiger partial charge on any atom is 0.335 e. The lowest BCUT2D eigenvalue weighted by Crippen LogP contribution is -2.20. The average Bonchev–Trinajstić information content (AvgIpc) is 2.27. The van der Waals surface area contributed by atoms with E-state index in [0.29, 0.717) is 0 Å². The fraction of sp³-hybridized carbons (Fsp3) is 0.300. The molecule has 0 saturated heterocycles. The third kappa shape index (κ3) is 2.86. The average molecular weight is 265 g/mol. The highest BCUT2D eigenvalue weighted by Crippen LogP contribution is 2.27. The minimum Gasteiger partial charge on any atom is -0.478 e. The van der Waals surface area contributed by atoms with Crippen molar-refractivity contribution in [3.8, 4) is 0 Å². The number of carboxylic acid groups (broad SMARTS) is 1. The van der Waals surface area contributed by atoms with Gasteiger partial charge in [0.15, 0.2) is 0 Å². The van der Waals surface area contributed by atoms with Gasteiger partial charge >= 0.3 is 5.97 Å². The number of carboxylic acids is 1. The maximum absolute atomic E-state index is 10.7. The van der Waals surface area contributed by atoms with Crippen molar-refractivity contribution in [3.63, 3.8) is 0 Å². The maximum atomic E-state index is 10.7. The Morgan fingerprint density at radius 3 is 2.50 bits per heavy atom. The van der Waals surface area contributed by atoms with Crippen LogP contribution < -0.4 is 0 Å². The summed E-state index contributed by atoms with van der Waals surface area (Å²) in [6.07, 6.45) is -2.49. The number of hydrogen-bond acceptors (Lipinski definition) is 3. The zero-order chi connectivity index (χ0) is 12.3. The Bertz CT molecular complexity index is 394. The molecule has 0 aliphatic rings. The van der Waals surface area contributed by atoms with E-state index in [4.69, 9.17) is 28.3 Å². The zero-order valence-electron chi connectivity index (χ0n) is 8.10. The summed E-state index contributed by atoms with van der Waals surface area (Å²) < 4.78 is 0. The Balaban J connectivity index is 3.11. The largest absolute Gasteiger partial charge is 0.478 e. The van der Waals surface area contributed by atoms with Crippen LogP contribution in [0.5, 0.6) is 0 Å². The fourth-order valence-corrected chi connectivity index (χ4v) is 1.59. The SMILES string of the molecule is O=C(O)c1ccc(Cl)c(C(O)C(O)CCl)c1. The van der Waals surface area contributed by atoms with Gasteiger partial charge in [0, 0.05) is 10.6 Å². The van der Waals surface area contributed by atoms with Gasteiger partial charge in [0.05, 0.1) is 17.5 Å². The summed E-state index contributed by atoms with van der Waals surface area (Å²) in [5.41, 5.74) is 0.134. The van der Waals surface area contributed by atoms with Gasteiger partial charge in [-0.3, -0.25) is 0 Å². The summed E-state index contributed by atoms with van der Waals surface area (Å²) in [4.78, 5) is 10.7. The Morgan fingerprint density at radius 1 is 1.38 bits per heavy atom. The Labute approximate surface area is 102 Å². The minimum atomic E-state index is -1.30. The van der Waals surface area contributed by atoms with Crippen molar-refractivity contribution in [2.24, 2.45) is 0 Å². The fourth-order valence-electron chi connectivity index (χ4n) is 1.20. The number of hydrogen-bond donors (Lipinski definition) is 3. The van der Waals surface area contributed by atoms with Crippen LogP contribution in [0.25, 0.3) is 0 Å². The summed E-state index contributed by atoms with van der Waals surface area (Å²) in [5.74, 6) is -1.31. The van der Waals surface area contributed by atoms with Crippen LogP contribution in [0, 0.1) is 0 Å². The van der Waals surface area contributed by atoms with E-state index in [9.17, 15) is 15.0 Å². The van der Waals surface area contributed by atoms with Gasteiger partial charge in [0.1, 0.15) is 6.10 Å². The molecular weight excluding hydrogens is 255 g/mol. The van der Waals surface area contributed by atoms with Crippen LogP contribution in [0.15, 0.2) is 18.2 Å². The van der Waals surface area contributed by atoms with E-state index in [0.717, 1.165) is 0 Å². The molecule has 0 aliphatic carbocycles. The first-order chi connectivity index (χ1) is 7.47. The molecule has 0 amide bonds. The van der Waals surface area contributed by atoms with Crippen LogP contribution >= 0.6 is 23.2 Å². The van der Waals surface area contributed by atoms with Gasteiger partial charge in [-0.15, -0.1) is 11.6 Å². The smallest absolute Gasteiger partial charge is 0.335 e. The van der Waals surface area contributed by atoms with E-state index < -0.39 is 18.2 Å². The normalized spacial score (nSPS) is 14.5. The molecule has 0 radical (unpaired) electrons. The Morgan fingerprint density at radius 2 is 2.00 bits per heavy atom. The second-order valence-corrected chi connectivity index (χ2v) is 3.92. The van der Waals surface area contributed by atoms with Gasteiger partial charge in [-0.25, -0.2) is 4.79 Å². The van der Waals surface area contributed by atoms with Gasteiger partial charge < -0.3 is 15.3 Å². The predicted molar refractivity (Wildman–Crippen MR) is 60.1 cm³/mol. The molecule has 16 heavy (non-hydrogen) atoms. The second kappa shape index (κ2) is 5.50. The molecule has 0 spiro atoms. The summed E-state index contributed by atoms with van der Waals surface area (Å²) in [5, 5.41) is 28.0. The Kier molecular flexibility index (Phi) is 4.56. The molecule has 2 atom stereocenters. The number of alkyl halides is 1. The van der Waals surface area contributed by atoms with Crippen LogP contribution in [0.1, 0.15) is 22.0 Å². The van der Waals surface area contributed by atoms with Gasteiger partial charge in [-0.05, 0) is 18.2 Å². The van der Waals surface area contributed by atoms with E-state index in [2.05, 4.69) is 0 Å². The molecular formula is C10H10Cl2O4. The number of aliphatic hydroxyl groups is 2. The minimum absolute atomic E-state index is 0.0137. The Hall–Kier alpha value is -0.810. The number of aromatic carboxylic acids is 1. The van der Waals surface area contributed by atoms with Crippen molar-refractivity contribution in [3.05, 3.63) is 34.3 Å². The zero-order valence-corrected chi connectivity index (χ0v) is 9.61. The van der Waals surface area contributed by atoms with E-state index in [1.807, 2.05) is 0 Å².